The van der Waals surface area contributed by atoms with E-state index in [2.05, 4.69) is 51.7 Å². The van der Waals surface area contributed by atoms with Crippen LogP contribution in [0.5, 0.6) is 0 Å². The Morgan fingerprint density at radius 3 is 2.81 bits per heavy atom. The maximum absolute atomic E-state index is 4.26. The molecule has 0 atom stereocenters. The van der Waals surface area contributed by atoms with Crippen LogP contribution < -0.4 is 5.32 Å². The molecule has 1 N–H and O–H groups in total. The standard InChI is InChI=1S/C16H23N5/c1-2-14-4-6-15(7-5-14)21-16(12-18-19-21)13-20-10-3-8-17-9-11-20/h4-7,12,17H,2-3,8-11,13H2,1H3. The molecule has 5 nitrogen and oxygen atoms in total. The van der Waals surface area contributed by atoms with Crippen LogP contribution in [0.15, 0.2) is 30.5 Å². The Morgan fingerprint density at radius 1 is 1.14 bits per heavy atom. The smallest absolute Gasteiger partial charge is 0.0786 e. The molecule has 21 heavy (non-hydrogen) atoms. The Hall–Kier alpha value is -1.72. The fraction of sp³-hybridized carbons (Fsp3) is 0.500. The average Bonchev–Trinajstić information content (AvgIpc) is 2.82. The van der Waals surface area contributed by atoms with Crippen LogP contribution in [0.4, 0.5) is 0 Å². The van der Waals surface area contributed by atoms with Crippen LogP contribution in [0.1, 0.15) is 24.6 Å². The summed E-state index contributed by atoms with van der Waals surface area (Å²) in [5.41, 5.74) is 3.59. The first-order valence-electron chi connectivity index (χ1n) is 7.79. The largest absolute Gasteiger partial charge is 0.315 e. The summed E-state index contributed by atoms with van der Waals surface area (Å²) < 4.78 is 1.96. The summed E-state index contributed by atoms with van der Waals surface area (Å²) in [6.07, 6.45) is 4.14. The van der Waals surface area contributed by atoms with E-state index in [1.165, 1.54) is 12.0 Å². The lowest BCUT2D eigenvalue weighted by Gasteiger charge is -2.19. The van der Waals surface area contributed by atoms with Gasteiger partial charge in [-0.2, -0.15) is 0 Å². The van der Waals surface area contributed by atoms with Crippen molar-refractivity contribution >= 4 is 0 Å². The summed E-state index contributed by atoms with van der Waals surface area (Å²) in [5.74, 6) is 0. The molecule has 1 aromatic heterocycles. The molecule has 3 rings (SSSR count). The first-order valence-corrected chi connectivity index (χ1v) is 7.79. The second-order valence-corrected chi connectivity index (χ2v) is 5.54. The summed E-state index contributed by atoms with van der Waals surface area (Å²) in [6, 6.07) is 8.58. The van der Waals surface area contributed by atoms with Crippen molar-refractivity contribution in [2.45, 2.75) is 26.3 Å². The Kier molecular flexibility index (Phi) is 4.62. The molecule has 1 saturated heterocycles. The summed E-state index contributed by atoms with van der Waals surface area (Å²) in [4.78, 5) is 2.47. The van der Waals surface area contributed by atoms with Gasteiger partial charge in [-0.25, -0.2) is 4.68 Å². The number of nitrogens with one attached hydrogen (secondary N) is 1. The van der Waals surface area contributed by atoms with Gasteiger partial charge in [-0.3, -0.25) is 4.90 Å². The summed E-state index contributed by atoms with van der Waals surface area (Å²) >= 11 is 0. The summed E-state index contributed by atoms with van der Waals surface area (Å²) in [6.45, 7) is 7.47. The fourth-order valence-corrected chi connectivity index (χ4v) is 2.74. The predicted molar refractivity (Wildman–Crippen MR) is 83.5 cm³/mol. The molecule has 1 aliphatic heterocycles. The number of hydrogen-bond acceptors (Lipinski definition) is 4. The van der Waals surface area contributed by atoms with Crippen molar-refractivity contribution in [3.05, 3.63) is 41.7 Å². The summed E-state index contributed by atoms with van der Waals surface area (Å²) in [7, 11) is 0. The van der Waals surface area contributed by atoms with Gasteiger partial charge in [0.05, 0.1) is 17.6 Å². The molecule has 1 aliphatic rings. The molecule has 0 bridgehead atoms. The number of nitrogens with zero attached hydrogens (tertiary/aromatic N) is 4. The third-order valence-corrected chi connectivity index (χ3v) is 4.03. The van der Waals surface area contributed by atoms with Crippen LogP contribution in [0, 0.1) is 0 Å². The van der Waals surface area contributed by atoms with Gasteiger partial charge in [0.15, 0.2) is 0 Å². The summed E-state index contributed by atoms with van der Waals surface area (Å²) in [5, 5.41) is 11.8. The van der Waals surface area contributed by atoms with E-state index in [4.69, 9.17) is 0 Å². The van der Waals surface area contributed by atoms with Gasteiger partial charge in [0, 0.05) is 19.6 Å². The lowest BCUT2D eigenvalue weighted by molar-refractivity contribution is 0.278. The van der Waals surface area contributed by atoms with Crippen LogP contribution in [-0.4, -0.2) is 46.1 Å². The zero-order chi connectivity index (χ0) is 14.5. The molecule has 0 radical (unpaired) electrons. The number of aryl methyl sites for hydroxylation is 1. The Morgan fingerprint density at radius 2 is 2.00 bits per heavy atom. The highest BCUT2D eigenvalue weighted by molar-refractivity contribution is 5.34. The SMILES string of the molecule is CCc1ccc(-n2nncc2CN2CCCNCC2)cc1. The predicted octanol–water partition coefficient (Wildman–Crippen LogP) is 1.62. The second kappa shape index (κ2) is 6.83. The van der Waals surface area contributed by atoms with E-state index in [9.17, 15) is 0 Å². The number of benzene rings is 1. The van der Waals surface area contributed by atoms with Crippen molar-refractivity contribution < 1.29 is 0 Å². The molecule has 2 aromatic rings. The van der Waals surface area contributed by atoms with Crippen LogP contribution in [-0.2, 0) is 13.0 Å². The first kappa shape index (κ1) is 14.2. The number of aromatic nitrogens is 3. The topological polar surface area (TPSA) is 46.0 Å². The highest BCUT2D eigenvalue weighted by atomic mass is 15.4. The van der Waals surface area contributed by atoms with Gasteiger partial charge < -0.3 is 5.32 Å². The highest BCUT2D eigenvalue weighted by Gasteiger charge is 2.13. The van der Waals surface area contributed by atoms with Crippen molar-refractivity contribution in [1.82, 2.24) is 25.2 Å². The lowest BCUT2D eigenvalue weighted by Crippen LogP contribution is -2.28. The zero-order valence-corrected chi connectivity index (χ0v) is 12.6. The molecule has 1 aromatic carbocycles. The first-order chi connectivity index (χ1) is 10.4. The molecule has 0 aliphatic carbocycles. The van der Waals surface area contributed by atoms with Gasteiger partial charge >= 0.3 is 0 Å². The second-order valence-electron chi connectivity index (χ2n) is 5.54. The van der Waals surface area contributed by atoms with Crippen molar-refractivity contribution in [2.75, 3.05) is 26.2 Å². The molecule has 112 valence electrons. The number of hydrogen-bond donors (Lipinski definition) is 1. The van der Waals surface area contributed by atoms with Gasteiger partial charge in [0.25, 0.3) is 0 Å². The average molecular weight is 285 g/mol. The maximum Gasteiger partial charge on any atom is 0.0786 e. The van der Waals surface area contributed by atoms with Gasteiger partial charge in [-0.1, -0.05) is 24.3 Å². The zero-order valence-electron chi connectivity index (χ0n) is 12.6. The Balaban J connectivity index is 1.76. The van der Waals surface area contributed by atoms with E-state index < -0.39 is 0 Å². The van der Waals surface area contributed by atoms with Gasteiger partial charge in [0.2, 0.25) is 0 Å². The van der Waals surface area contributed by atoms with Gasteiger partial charge in [0.1, 0.15) is 0 Å². The molecule has 0 saturated carbocycles. The molecule has 2 heterocycles. The van der Waals surface area contributed by atoms with E-state index >= 15 is 0 Å². The van der Waals surface area contributed by atoms with Gasteiger partial charge in [-0.15, -0.1) is 5.10 Å². The van der Waals surface area contributed by atoms with Crippen LogP contribution in [0.3, 0.4) is 0 Å². The van der Waals surface area contributed by atoms with Crippen molar-refractivity contribution in [3.63, 3.8) is 0 Å². The Bertz CT molecular complexity index is 552. The third-order valence-electron chi connectivity index (χ3n) is 4.03. The van der Waals surface area contributed by atoms with Crippen LogP contribution >= 0.6 is 0 Å². The minimum absolute atomic E-state index is 0.907. The van der Waals surface area contributed by atoms with Crippen molar-refractivity contribution in [3.8, 4) is 5.69 Å². The third kappa shape index (κ3) is 3.49. The van der Waals surface area contributed by atoms with Crippen molar-refractivity contribution in [2.24, 2.45) is 0 Å². The van der Waals surface area contributed by atoms with Crippen LogP contribution in [0.25, 0.3) is 5.69 Å². The molecular formula is C16H23N5. The highest BCUT2D eigenvalue weighted by Crippen LogP contribution is 2.13. The van der Waals surface area contributed by atoms with E-state index in [1.54, 1.807) is 0 Å². The fourth-order valence-electron chi connectivity index (χ4n) is 2.74. The van der Waals surface area contributed by atoms with Crippen LogP contribution in [0.2, 0.25) is 0 Å². The molecule has 0 amide bonds. The monoisotopic (exact) mass is 285 g/mol. The maximum atomic E-state index is 4.26. The normalized spacial score (nSPS) is 16.8. The number of rotatable bonds is 4. The Labute approximate surface area is 126 Å². The molecule has 1 fully saturated rings. The van der Waals surface area contributed by atoms with E-state index in [0.717, 1.165) is 50.5 Å². The molecule has 0 unspecified atom stereocenters. The molecule has 5 heteroatoms. The molecule has 0 spiro atoms. The van der Waals surface area contributed by atoms with E-state index in [-0.39, 0.29) is 0 Å². The minimum atomic E-state index is 0.907. The molecular weight excluding hydrogens is 262 g/mol. The van der Waals surface area contributed by atoms with Crippen molar-refractivity contribution in [1.29, 1.82) is 0 Å². The lowest BCUT2D eigenvalue weighted by atomic mass is 10.1. The van der Waals surface area contributed by atoms with Gasteiger partial charge in [-0.05, 0) is 43.6 Å². The van der Waals surface area contributed by atoms with E-state index in [0.29, 0.717) is 0 Å². The quantitative estimate of drug-likeness (QED) is 0.927. The minimum Gasteiger partial charge on any atom is -0.315 e. The van der Waals surface area contributed by atoms with E-state index in [1.807, 2.05) is 10.9 Å².